The number of nitrogens with one attached hydrogen (secondary N) is 2. The Kier molecular flexibility index (Phi) is 21.5. The predicted octanol–water partition coefficient (Wildman–Crippen LogP) is 8.93. The Bertz CT molecular complexity index is 5710. The minimum atomic E-state index is -0.685. The van der Waals surface area contributed by atoms with Gasteiger partial charge in [0.15, 0.2) is 11.3 Å². The van der Waals surface area contributed by atoms with Crippen molar-refractivity contribution >= 4 is 92.2 Å². The number of anilines is 5. The number of hydrogen-bond donors (Lipinski definition) is 3. The summed E-state index contributed by atoms with van der Waals surface area (Å²) in [7, 11) is 3.37. The summed E-state index contributed by atoms with van der Waals surface area (Å²) in [6, 6.07) is 43.8. The number of unbranched alkanes of at least 4 members (excludes halogenated alkanes) is 1. The lowest BCUT2D eigenvalue weighted by Crippen LogP contribution is -2.47. The Morgan fingerprint density at radius 1 is 0.487 bits per heavy atom. The molecule has 12 aromatic rings. The number of hydrogen-bond acceptors (Lipinski definition) is 20. The van der Waals surface area contributed by atoms with E-state index in [1.165, 1.54) is 21.3 Å². The van der Waals surface area contributed by atoms with E-state index in [0.29, 0.717) is 36.0 Å². The average Bonchev–Trinajstić information content (AvgIpc) is 1.62. The molecule has 582 valence electrons. The summed E-state index contributed by atoms with van der Waals surface area (Å²) in [5.74, 6) is 1.65. The Morgan fingerprint density at radius 2 is 0.956 bits per heavy atom. The van der Waals surface area contributed by atoms with Crippen LogP contribution in [-0.2, 0) is 44.5 Å². The van der Waals surface area contributed by atoms with Crippen LogP contribution in [0.4, 0.5) is 37.7 Å². The number of para-hydroxylation sites is 2. The van der Waals surface area contributed by atoms with Gasteiger partial charge in [-0.2, -0.15) is 0 Å². The molecule has 6 fully saturated rings. The fourth-order valence-electron chi connectivity index (χ4n) is 17.0. The number of rotatable bonds is 18. The molecule has 4 N–H and O–H groups in total. The maximum absolute atomic E-state index is 14.1. The summed E-state index contributed by atoms with van der Waals surface area (Å²) in [6.45, 7) is 10.7. The molecule has 6 aliphatic rings. The molecule has 4 aromatic carbocycles. The van der Waals surface area contributed by atoms with E-state index in [-0.39, 0.29) is 59.8 Å². The van der Waals surface area contributed by atoms with E-state index < -0.39 is 23.9 Å². The van der Waals surface area contributed by atoms with Crippen molar-refractivity contribution in [2.75, 3.05) is 104 Å². The summed E-state index contributed by atoms with van der Waals surface area (Å²) in [5, 5.41) is 14.7. The number of nitrogen functional groups attached to an aromatic ring is 1. The van der Waals surface area contributed by atoms with Gasteiger partial charge in [-0.1, -0.05) is 54.6 Å². The molecule has 0 aliphatic carbocycles. The molecule has 6 saturated heterocycles. The number of pyridine rings is 2. The molecule has 4 amide bonds. The van der Waals surface area contributed by atoms with Crippen LogP contribution in [0.3, 0.4) is 0 Å². The number of amides is 4. The second-order valence-electron chi connectivity index (χ2n) is 29.7. The van der Waals surface area contributed by atoms with Gasteiger partial charge in [-0.15, -0.1) is 10.2 Å². The average molecular weight is 1530 g/mol. The van der Waals surface area contributed by atoms with Crippen molar-refractivity contribution in [3.8, 4) is 22.8 Å². The number of fused-ring (bicyclic) bond motifs is 4. The van der Waals surface area contributed by atoms with Crippen molar-refractivity contribution in [3.05, 3.63) is 207 Å². The van der Waals surface area contributed by atoms with Gasteiger partial charge in [-0.3, -0.25) is 57.9 Å². The number of carbonyl (C=O) groups excluding carboxylic acids is 5. The molecular weight excluding hydrogens is 1440 g/mol. The molecule has 0 spiro atoms. The number of aryl methyl sites for hydroxylation is 3. The summed E-state index contributed by atoms with van der Waals surface area (Å²) in [5.41, 5.74) is 16.5. The van der Waals surface area contributed by atoms with Crippen LogP contribution >= 0.6 is 0 Å². The van der Waals surface area contributed by atoms with E-state index in [2.05, 4.69) is 62.1 Å². The normalized spacial score (nSPS) is 19.1. The minimum absolute atomic E-state index is 0.0706. The van der Waals surface area contributed by atoms with E-state index in [9.17, 15) is 42.3 Å². The fraction of sp³-hybridized carbons (Fsp3) is 0.361. The Labute approximate surface area is 649 Å². The first-order valence-electron chi connectivity index (χ1n) is 38.9. The van der Waals surface area contributed by atoms with Gasteiger partial charge in [0.2, 0.25) is 23.6 Å². The third kappa shape index (κ3) is 15.4. The first-order valence-corrected chi connectivity index (χ1v) is 38.9. The largest absolute Gasteiger partial charge is 0.397 e. The zero-order chi connectivity index (χ0) is 78.0. The van der Waals surface area contributed by atoms with Crippen molar-refractivity contribution in [2.45, 2.75) is 101 Å². The lowest BCUT2D eigenvalue weighted by molar-refractivity contribution is -0.137. The summed E-state index contributed by atoms with van der Waals surface area (Å²) < 4.78 is 37.8. The first kappa shape index (κ1) is 74.8. The third-order valence-corrected chi connectivity index (χ3v) is 22.7. The number of nitrogens with two attached hydrogens (primary N) is 1. The molecule has 6 aliphatic heterocycles. The predicted molar refractivity (Wildman–Crippen MR) is 426 cm³/mol. The van der Waals surface area contributed by atoms with Gasteiger partial charge in [0, 0.05) is 105 Å². The topological polar surface area (TPSA) is 295 Å². The monoisotopic (exact) mass is 1530 g/mol. The van der Waals surface area contributed by atoms with Crippen LogP contribution in [-0.4, -0.2) is 176 Å². The molecule has 0 radical (unpaired) electrons. The maximum Gasteiger partial charge on any atom is 0.329 e. The van der Waals surface area contributed by atoms with E-state index in [4.69, 9.17) is 25.9 Å². The van der Waals surface area contributed by atoms with Crippen LogP contribution < -0.4 is 47.3 Å². The molecule has 113 heavy (non-hydrogen) atoms. The van der Waals surface area contributed by atoms with Gasteiger partial charge in [0.1, 0.15) is 64.7 Å². The molecule has 4 atom stereocenters. The van der Waals surface area contributed by atoms with E-state index in [1.54, 1.807) is 65.7 Å². The second kappa shape index (κ2) is 32.6. The van der Waals surface area contributed by atoms with Crippen LogP contribution in [0.25, 0.3) is 56.1 Å². The number of piperazine rings is 2. The summed E-state index contributed by atoms with van der Waals surface area (Å²) in [6.07, 6.45) is 13.1. The molecule has 0 saturated carbocycles. The highest BCUT2D eigenvalue weighted by atomic mass is 19.1. The van der Waals surface area contributed by atoms with Gasteiger partial charge >= 0.3 is 11.4 Å². The Hall–Kier alpha value is -12.3. The number of aldehydes is 1. The lowest BCUT2D eigenvalue weighted by atomic mass is 10.0. The SMILES string of the molecule is Cn1c(=O)n(C2CCC(=O)NC2=O)c2cccc(CCCCN3CCN(c4cccc(-c5cnc6ccc(N7CCC[C@@H]7c7cccc(F)c7)nn56)n4)CC3)c21.Cn1c(=O)n(C2CCC(=O)NC2=O)c2cccc(N)c21.O=CCCN1CCN(c2cccc(-c3cnc4ccc(N5CCC[C@@H]5c5cccc(F)c5)nn34)n2)CC1. The highest BCUT2D eigenvalue weighted by molar-refractivity contribution is 6.01. The first-order chi connectivity index (χ1) is 55.0. The van der Waals surface area contributed by atoms with Crippen LogP contribution in [0, 0.1) is 11.6 Å². The van der Waals surface area contributed by atoms with Gasteiger partial charge < -0.3 is 30.1 Å². The standard InChI is InChI=1S/C42H45FN10O3.C28H30FN7O.C13H14N4O3/c1-48-40-28(9-5-13-33(40)52(42(48)56)34-16-19-39(54)46-41(34)55)8-2-3-20-49-22-24-50(25-23-49)37-15-6-12-31(45-37)35-27-44-36-17-18-38(47-53(35)36)51-21-7-14-32(51)29-10-4-11-30(43)26-29;29-22-6-1-5-21(19-22)24-8-3-13-35(24)28-11-10-26-30-20-25(36(26)32-28)23-7-2-9-27(31-23)34-16-14-33(15-17-34)12-4-18-37;1-16-11-7(14)3-2-4-8(11)17(13(16)20)9-5-6-10(18)15-12(9)19/h4-6,9-13,15,17-18,26-27,32,34H,2-3,7-8,14,16,19-25H2,1H3,(H,46,54,55);1-2,5-7,9-11,18-20,24H,3-4,8,12-17H2;2-4,9H,5-6,14H2,1H3,(H,15,18,19)/t32-,34?;24-;/m11./s1. The maximum atomic E-state index is 14.1. The highest BCUT2D eigenvalue weighted by Gasteiger charge is 2.35. The smallest absolute Gasteiger partial charge is 0.329 e. The zero-order valence-corrected chi connectivity index (χ0v) is 63.1. The quantitative estimate of drug-likeness (QED) is 0.0312. The number of imidazole rings is 4. The zero-order valence-electron chi connectivity index (χ0n) is 63.1. The molecule has 0 bridgehead atoms. The molecule has 2 unspecified atom stereocenters. The van der Waals surface area contributed by atoms with Crippen molar-refractivity contribution in [1.82, 2.24) is 77.9 Å². The Morgan fingerprint density at radius 3 is 1.45 bits per heavy atom. The van der Waals surface area contributed by atoms with E-state index in [1.807, 2.05) is 100 Å². The van der Waals surface area contributed by atoms with Gasteiger partial charge in [-0.25, -0.2) is 47.3 Å². The number of piperidine rings is 2. The highest BCUT2D eigenvalue weighted by Crippen LogP contribution is 2.39. The number of imide groups is 2. The van der Waals surface area contributed by atoms with E-state index in [0.717, 1.165) is 215 Å². The van der Waals surface area contributed by atoms with Crippen LogP contribution in [0.5, 0.6) is 0 Å². The van der Waals surface area contributed by atoms with Crippen molar-refractivity contribution in [3.63, 3.8) is 0 Å². The van der Waals surface area contributed by atoms with Crippen LogP contribution in [0.2, 0.25) is 0 Å². The van der Waals surface area contributed by atoms with Crippen LogP contribution in [0.1, 0.15) is 111 Å². The van der Waals surface area contributed by atoms with Crippen molar-refractivity contribution < 1.29 is 32.8 Å². The fourth-order valence-corrected chi connectivity index (χ4v) is 17.0. The molecule has 14 heterocycles. The van der Waals surface area contributed by atoms with Gasteiger partial charge in [0.05, 0.1) is 63.6 Å². The van der Waals surface area contributed by atoms with Crippen molar-refractivity contribution in [1.29, 1.82) is 0 Å². The lowest BCUT2D eigenvalue weighted by Gasteiger charge is -2.35. The van der Waals surface area contributed by atoms with Gasteiger partial charge in [0.25, 0.3) is 0 Å². The number of benzene rings is 4. The molecule has 8 aromatic heterocycles. The summed E-state index contributed by atoms with van der Waals surface area (Å²) in [4.78, 5) is 117. The molecule has 18 rings (SSSR count). The minimum Gasteiger partial charge on any atom is -0.397 e. The second-order valence-corrected chi connectivity index (χ2v) is 29.7. The Balaban J connectivity index is 0.000000144. The third-order valence-electron chi connectivity index (χ3n) is 22.7. The number of aromatic nitrogens is 12. The summed E-state index contributed by atoms with van der Waals surface area (Å²) >= 11 is 0. The molecule has 28 nitrogen and oxygen atoms in total. The number of nitrogens with zero attached hydrogens (tertiary/aromatic N) is 18. The van der Waals surface area contributed by atoms with Crippen LogP contribution in [0.15, 0.2) is 168 Å². The van der Waals surface area contributed by atoms with E-state index >= 15 is 0 Å². The van der Waals surface area contributed by atoms with Gasteiger partial charge in [-0.05, 0) is 172 Å². The molecular formula is C83H89F2N21O7. The molecule has 30 heteroatoms. The van der Waals surface area contributed by atoms with Crippen molar-refractivity contribution in [2.24, 2.45) is 14.1 Å². The number of carbonyl (C=O) groups is 5. The number of halogens is 2.